The van der Waals surface area contributed by atoms with Gasteiger partial charge in [0.1, 0.15) is 5.82 Å². The van der Waals surface area contributed by atoms with Crippen molar-refractivity contribution in [1.29, 1.82) is 0 Å². The van der Waals surface area contributed by atoms with Crippen LogP contribution < -0.4 is 10.8 Å². The lowest BCUT2D eigenvalue weighted by Crippen LogP contribution is -2.26. The second-order valence-electron chi connectivity index (χ2n) is 4.86. The number of aliphatic hydroxyl groups excluding tert-OH is 1. The molecule has 3 N–H and O–H groups in total. The average molecular weight is 352 g/mol. The molecule has 0 heterocycles. The first-order valence-electron chi connectivity index (χ1n) is 7.18. The van der Waals surface area contributed by atoms with Crippen molar-refractivity contribution in [3.63, 3.8) is 0 Å². The van der Waals surface area contributed by atoms with Crippen LogP contribution in [-0.2, 0) is 4.84 Å². The zero-order valence-electron chi connectivity index (χ0n) is 13.0. The van der Waals surface area contributed by atoms with Crippen molar-refractivity contribution in [2.45, 2.75) is 0 Å². The van der Waals surface area contributed by atoms with Gasteiger partial charge in [0, 0.05) is 0 Å². The molecule has 0 aliphatic heterocycles. The first-order valence-corrected chi connectivity index (χ1v) is 7.18. The molecule has 0 aliphatic rings. The van der Waals surface area contributed by atoms with Crippen molar-refractivity contribution in [3.8, 4) is 0 Å². The lowest BCUT2D eigenvalue weighted by Gasteiger charge is -2.14. The monoisotopic (exact) mass is 352 g/mol. The Bertz CT molecular complexity index is 797. The van der Waals surface area contributed by atoms with E-state index in [2.05, 4.69) is 16.7 Å². The highest BCUT2D eigenvalue weighted by Crippen LogP contribution is 2.28. The van der Waals surface area contributed by atoms with Gasteiger partial charge in [-0.25, -0.2) is 18.7 Å². The van der Waals surface area contributed by atoms with Crippen molar-refractivity contribution in [2.24, 2.45) is 0 Å². The van der Waals surface area contributed by atoms with Gasteiger partial charge in [-0.05, 0) is 29.8 Å². The molecule has 25 heavy (non-hydrogen) atoms. The summed E-state index contributed by atoms with van der Waals surface area (Å²) in [5.74, 6) is -4.18. The van der Waals surface area contributed by atoms with Crippen LogP contribution in [0.25, 0.3) is 6.08 Å². The Kier molecular flexibility index (Phi) is 6.15. The number of hydrogen-bond donors (Lipinski definition) is 3. The van der Waals surface area contributed by atoms with Gasteiger partial charge in [0.05, 0.1) is 30.2 Å². The van der Waals surface area contributed by atoms with E-state index >= 15 is 0 Å². The molecular weight excluding hydrogens is 337 g/mol. The van der Waals surface area contributed by atoms with Crippen molar-refractivity contribution in [3.05, 3.63) is 65.5 Å². The zero-order chi connectivity index (χ0) is 18.4. The number of rotatable bonds is 7. The van der Waals surface area contributed by atoms with Gasteiger partial charge in [0.2, 0.25) is 0 Å². The molecule has 0 aliphatic carbocycles. The molecule has 0 radical (unpaired) electrons. The average Bonchev–Trinajstić information content (AvgIpc) is 2.60. The standard InChI is InChI=1S/C17H15F3N2O3/c1-2-10-3-6-14(13(19)9-10)21-16-11(4-5-12(18)15(16)20)17(24)22-25-8-7-23/h2-6,9,21,23H,1,7-8H2,(H,22,24). The third-order valence-corrected chi connectivity index (χ3v) is 3.19. The summed E-state index contributed by atoms with van der Waals surface area (Å²) >= 11 is 0. The summed E-state index contributed by atoms with van der Waals surface area (Å²) < 4.78 is 41.7. The largest absolute Gasteiger partial charge is 0.394 e. The predicted octanol–water partition coefficient (Wildman–Crippen LogP) is 3.14. The number of carbonyl (C=O) groups is 1. The number of halogens is 3. The topological polar surface area (TPSA) is 70.6 Å². The molecule has 5 nitrogen and oxygen atoms in total. The summed E-state index contributed by atoms with van der Waals surface area (Å²) in [6, 6.07) is 5.75. The smallest absolute Gasteiger partial charge is 0.277 e. The van der Waals surface area contributed by atoms with Gasteiger partial charge >= 0.3 is 0 Å². The highest BCUT2D eigenvalue weighted by atomic mass is 19.2. The Balaban J connectivity index is 2.37. The molecule has 0 spiro atoms. The number of anilines is 2. The van der Waals surface area contributed by atoms with Gasteiger partial charge in [-0.2, -0.15) is 0 Å². The number of hydroxylamine groups is 1. The Labute approximate surface area is 141 Å². The molecule has 2 aromatic rings. The van der Waals surface area contributed by atoms with Crippen LogP contribution in [0.5, 0.6) is 0 Å². The fourth-order valence-electron chi connectivity index (χ4n) is 1.97. The van der Waals surface area contributed by atoms with Gasteiger partial charge in [0.15, 0.2) is 11.6 Å². The second kappa shape index (κ2) is 8.32. The van der Waals surface area contributed by atoms with Crippen molar-refractivity contribution < 1.29 is 27.9 Å². The van der Waals surface area contributed by atoms with E-state index in [0.29, 0.717) is 5.56 Å². The zero-order valence-corrected chi connectivity index (χ0v) is 13.0. The molecule has 2 aromatic carbocycles. The van der Waals surface area contributed by atoms with Crippen LogP contribution in [0.2, 0.25) is 0 Å². The molecule has 132 valence electrons. The third kappa shape index (κ3) is 4.37. The van der Waals surface area contributed by atoms with Crippen LogP contribution in [0.15, 0.2) is 36.9 Å². The maximum atomic E-state index is 14.1. The van der Waals surface area contributed by atoms with Crippen LogP contribution in [-0.4, -0.2) is 24.2 Å². The summed E-state index contributed by atoms with van der Waals surface area (Å²) in [7, 11) is 0. The maximum absolute atomic E-state index is 14.1. The van der Waals surface area contributed by atoms with Gasteiger partial charge in [-0.1, -0.05) is 18.7 Å². The van der Waals surface area contributed by atoms with Crippen LogP contribution >= 0.6 is 0 Å². The fourth-order valence-corrected chi connectivity index (χ4v) is 1.97. The molecule has 1 amide bonds. The highest BCUT2D eigenvalue weighted by molar-refractivity contribution is 6.00. The van der Waals surface area contributed by atoms with Crippen LogP contribution in [0.3, 0.4) is 0 Å². The summed E-state index contributed by atoms with van der Waals surface area (Å²) in [5, 5.41) is 11.0. The minimum atomic E-state index is -1.35. The van der Waals surface area contributed by atoms with E-state index in [9.17, 15) is 18.0 Å². The molecule has 0 unspecified atom stereocenters. The minimum absolute atomic E-state index is 0.152. The maximum Gasteiger partial charge on any atom is 0.277 e. The second-order valence-corrected chi connectivity index (χ2v) is 4.86. The first-order chi connectivity index (χ1) is 12.0. The number of nitrogens with one attached hydrogen (secondary N) is 2. The van der Waals surface area contributed by atoms with E-state index in [1.807, 2.05) is 5.48 Å². The van der Waals surface area contributed by atoms with Gasteiger partial charge < -0.3 is 10.4 Å². The summed E-state index contributed by atoms with van der Waals surface area (Å²) in [6.07, 6.45) is 1.42. The van der Waals surface area contributed by atoms with Crippen molar-refractivity contribution in [1.82, 2.24) is 5.48 Å². The quantitative estimate of drug-likeness (QED) is 0.529. The van der Waals surface area contributed by atoms with Crippen LogP contribution in [0.4, 0.5) is 24.5 Å². The number of aliphatic hydroxyl groups is 1. The fraction of sp³-hybridized carbons (Fsp3) is 0.118. The molecular formula is C17H15F3N2O3. The van der Waals surface area contributed by atoms with E-state index in [-0.39, 0.29) is 24.5 Å². The van der Waals surface area contributed by atoms with Gasteiger partial charge in [-0.3, -0.25) is 9.63 Å². The van der Waals surface area contributed by atoms with Crippen LogP contribution in [0.1, 0.15) is 15.9 Å². The van der Waals surface area contributed by atoms with Crippen molar-refractivity contribution >= 4 is 23.4 Å². The van der Waals surface area contributed by atoms with Crippen molar-refractivity contribution in [2.75, 3.05) is 18.5 Å². The molecule has 0 saturated carbocycles. The number of hydrogen-bond acceptors (Lipinski definition) is 4. The first kappa shape index (κ1) is 18.5. The highest BCUT2D eigenvalue weighted by Gasteiger charge is 2.20. The number of benzene rings is 2. The summed E-state index contributed by atoms with van der Waals surface area (Å²) in [4.78, 5) is 16.7. The number of carbonyl (C=O) groups excluding carboxylic acids is 1. The Morgan fingerprint density at radius 3 is 2.60 bits per heavy atom. The SMILES string of the molecule is C=Cc1ccc(Nc2c(C(=O)NOCCO)ccc(F)c2F)c(F)c1. The Morgan fingerprint density at radius 2 is 1.96 bits per heavy atom. The molecule has 0 bridgehead atoms. The third-order valence-electron chi connectivity index (χ3n) is 3.19. The molecule has 0 fully saturated rings. The normalized spacial score (nSPS) is 10.4. The van der Waals surface area contributed by atoms with E-state index in [1.165, 1.54) is 18.2 Å². The molecule has 0 atom stereocenters. The summed E-state index contributed by atoms with van der Waals surface area (Å²) in [5.41, 5.74) is 1.47. The molecule has 0 saturated heterocycles. The Morgan fingerprint density at radius 1 is 1.20 bits per heavy atom. The van der Waals surface area contributed by atoms with E-state index < -0.39 is 29.0 Å². The van der Waals surface area contributed by atoms with Crippen LogP contribution in [0, 0.1) is 17.5 Å². The minimum Gasteiger partial charge on any atom is -0.394 e. The lowest BCUT2D eigenvalue weighted by molar-refractivity contribution is 0.0168. The van der Waals surface area contributed by atoms with Gasteiger partial charge in [-0.15, -0.1) is 0 Å². The molecule has 0 aromatic heterocycles. The van der Waals surface area contributed by atoms with E-state index in [4.69, 9.17) is 5.11 Å². The Hall–Kier alpha value is -2.84. The molecule has 8 heteroatoms. The predicted molar refractivity (Wildman–Crippen MR) is 86.6 cm³/mol. The lowest BCUT2D eigenvalue weighted by atomic mass is 10.1. The summed E-state index contributed by atoms with van der Waals surface area (Å²) in [6.45, 7) is 2.98. The molecule has 2 rings (SSSR count). The van der Waals surface area contributed by atoms with E-state index in [0.717, 1.165) is 18.2 Å². The number of amides is 1. The van der Waals surface area contributed by atoms with Gasteiger partial charge in [0.25, 0.3) is 5.91 Å². The van der Waals surface area contributed by atoms with E-state index in [1.54, 1.807) is 0 Å².